The summed E-state index contributed by atoms with van der Waals surface area (Å²) in [5.41, 5.74) is 1.69. The molecule has 0 spiro atoms. The van der Waals surface area contributed by atoms with E-state index in [1.54, 1.807) is 12.1 Å². The topological polar surface area (TPSA) is 93.7 Å². The van der Waals surface area contributed by atoms with Crippen molar-refractivity contribution in [1.82, 2.24) is 10.6 Å². The highest BCUT2D eigenvalue weighted by Gasteiger charge is 2.18. The summed E-state index contributed by atoms with van der Waals surface area (Å²) in [4.78, 5) is 35.6. The molecule has 27 heavy (non-hydrogen) atoms. The van der Waals surface area contributed by atoms with Gasteiger partial charge in [0.25, 0.3) is 11.8 Å². The van der Waals surface area contributed by atoms with Crippen LogP contribution in [0.4, 0.5) is 0 Å². The van der Waals surface area contributed by atoms with Crippen molar-refractivity contribution >= 4 is 17.8 Å². The van der Waals surface area contributed by atoms with E-state index in [9.17, 15) is 14.4 Å². The smallest absolute Gasteiger partial charge is 0.308 e. The molecule has 0 bridgehead atoms. The van der Waals surface area contributed by atoms with E-state index in [0.29, 0.717) is 18.7 Å². The molecule has 0 fully saturated rings. The highest BCUT2D eigenvalue weighted by Crippen LogP contribution is 2.22. The van der Waals surface area contributed by atoms with Gasteiger partial charge in [0.05, 0.1) is 13.0 Å². The van der Waals surface area contributed by atoms with E-state index in [4.69, 9.17) is 9.47 Å². The van der Waals surface area contributed by atoms with E-state index in [2.05, 4.69) is 31.4 Å². The van der Waals surface area contributed by atoms with Crippen LogP contribution >= 0.6 is 0 Å². The lowest BCUT2D eigenvalue weighted by Crippen LogP contribution is -2.38. The molecular formula is C20H30N2O5. The molecule has 150 valence electrons. The molecule has 7 nitrogen and oxygen atoms in total. The third-order valence-electron chi connectivity index (χ3n) is 3.91. The van der Waals surface area contributed by atoms with Crippen molar-refractivity contribution in [3.05, 3.63) is 35.4 Å². The first-order valence-electron chi connectivity index (χ1n) is 9.00. The molecule has 1 aromatic rings. The van der Waals surface area contributed by atoms with Gasteiger partial charge in [0.2, 0.25) is 0 Å². The zero-order valence-electron chi connectivity index (χ0n) is 16.8. The van der Waals surface area contributed by atoms with Gasteiger partial charge in [-0.3, -0.25) is 14.4 Å². The molecule has 1 rings (SSSR count). The molecule has 0 aliphatic rings. The Balaban J connectivity index is 2.36. The lowest BCUT2D eigenvalue weighted by Gasteiger charge is -2.19. The van der Waals surface area contributed by atoms with Crippen LogP contribution in [0.15, 0.2) is 24.3 Å². The van der Waals surface area contributed by atoms with Gasteiger partial charge >= 0.3 is 5.97 Å². The normalized spacial score (nSPS) is 12.2. The van der Waals surface area contributed by atoms with Crippen molar-refractivity contribution in [2.24, 2.45) is 0 Å². The summed E-state index contributed by atoms with van der Waals surface area (Å²) < 4.78 is 9.87. The minimum atomic E-state index is -0.894. The van der Waals surface area contributed by atoms with Crippen LogP contribution < -0.4 is 10.6 Å². The molecule has 0 aliphatic heterocycles. The van der Waals surface area contributed by atoms with Crippen LogP contribution in [-0.4, -0.2) is 50.7 Å². The van der Waals surface area contributed by atoms with E-state index in [-0.39, 0.29) is 30.2 Å². The Bertz CT molecular complexity index is 635. The fourth-order valence-electron chi connectivity index (χ4n) is 2.23. The van der Waals surface area contributed by atoms with Gasteiger partial charge in [-0.2, -0.15) is 0 Å². The number of carbonyl (C=O) groups excluding carboxylic acids is 3. The summed E-state index contributed by atoms with van der Waals surface area (Å²) in [7, 11) is 1.53. The van der Waals surface area contributed by atoms with E-state index in [1.165, 1.54) is 14.0 Å². The number of hydrogen-bond donors (Lipinski definition) is 2. The summed E-state index contributed by atoms with van der Waals surface area (Å²) in [6.45, 7) is 8.67. The number of rotatable bonds is 9. The van der Waals surface area contributed by atoms with E-state index in [1.807, 2.05) is 12.1 Å². The molecule has 0 saturated heterocycles. The van der Waals surface area contributed by atoms with Gasteiger partial charge in [-0.25, -0.2) is 0 Å². The number of hydrogen-bond acceptors (Lipinski definition) is 5. The predicted molar refractivity (Wildman–Crippen MR) is 103 cm³/mol. The largest absolute Gasteiger partial charge is 0.452 e. The van der Waals surface area contributed by atoms with Crippen LogP contribution in [0.1, 0.15) is 50.0 Å². The Morgan fingerprint density at radius 2 is 1.67 bits per heavy atom. The summed E-state index contributed by atoms with van der Waals surface area (Å²) in [6.07, 6.45) is -0.906. The Labute approximate surface area is 160 Å². The third-order valence-corrected chi connectivity index (χ3v) is 3.91. The van der Waals surface area contributed by atoms with Gasteiger partial charge < -0.3 is 20.1 Å². The highest BCUT2D eigenvalue weighted by atomic mass is 16.5. The minimum Gasteiger partial charge on any atom is -0.452 e. The maximum absolute atomic E-state index is 12.1. The van der Waals surface area contributed by atoms with Gasteiger partial charge in [0, 0.05) is 25.8 Å². The van der Waals surface area contributed by atoms with Gasteiger partial charge in [-0.1, -0.05) is 32.9 Å². The number of carbonyl (C=O) groups is 3. The molecule has 2 amide bonds. The molecule has 0 radical (unpaired) electrons. The number of methoxy groups -OCH3 is 1. The molecule has 1 aromatic carbocycles. The summed E-state index contributed by atoms with van der Waals surface area (Å²) in [5, 5.41) is 5.26. The number of nitrogens with one attached hydrogen (secondary N) is 2. The Morgan fingerprint density at radius 3 is 2.22 bits per heavy atom. The fraction of sp³-hybridized carbons (Fsp3) is 0.550. The molecule has 7 heteroatoms. The number of amides is 2. The van der Waals surface area contributed by atoms with E-state index in [0.717, 1.165) is 5.56 Å². The van der Waals surface area contributed by atoms with Crippen molar-refractivity contribution in [2.75, 3.05) is 26.8 Å². The first kappa shape index (κ1) is 22.6. The van der Waals surface area contributed by atoms with Crippen LogP contribution in [0.25, 0.3) is 0 Å². The lowest BCUT2D eigenvalue weighted by atomic mass is 9.87. The van der Waals surface area contributed by atoms with Crippen molar-refractivity contribution in [3.8, 4) is 0 Å². The van der Waals surface area contributed by atoms with Crippen molar-refractivity contribution in [2.45, 2.75) is 45.6 Å². The molecule has 0 unspecified atom stereocenters. The number of ether oxygens (including phenoxy) is 2. The fourth-order valence-corrected chi connectivity index (χ4v) is 2.23. The Hall–Kier alpha value is -2.41. The molecular weight excluding hydrogens is 348 g/mol. The lowest BCUT2D eigenvalue weighted by molar-refractivity contribution is -0.154. The van der Waals surface area contributed by atoms with Gasteiger partial charge in [-0.05, 0) is 30.0 Å². The Morgan fingerprint density at radius 1 is 1.04 bits per heavy atom. The highest BCUT2D eigenvalue weighted by molar-refractivity contribution is 5.94. The molecule has 1 atom stereocenters. The average molecular weight is 378 g/mol. The average Bonchev–Trinajstić information content (AvgIpc) is 2.61. The van der Waals surface area contributed by atoms with Crippen LogP contribution in [0.2, 0.25) is 0 Å². The molecule has 0 aromatic heterocycles. The van der Waals surface area contributed by atoms with Crippen molar-refractivity contribution in [1.29, 1.82) is 0 Å². The summed E-state index contributed by atoms with van der Waals surface area (Å²) >= 11 is 0. The van der Waals surface area contributed by atoms with Crippen LogP contribution in [0, 0.1) is 0 Å². The second kappa shape index (κ2) is 10.7. The number of esters is 1. The second-order valence-electron chi connectivity index (χ2n) is 7.25. The maximum Gasteiger partial charge on any atom is 0.308 e. The standard InChI is InChI=1S/C20H30N2O5/c1-14(18(24)22-12-13-26-5)27-17(23)10-11-21-19(25)15-6-8-16(9-7-15)20(2,3)4/h6-9,14H,10-13H2,1-5H3,(H,21,25)(H,22,24)/t14-/m1/s1. The zero-order valence-corrected chi connectivity index (χ0v) is 16.8. The molecule has 0 heterocycles. The molecule has 2 N–H and O–H groups in total. The molecule has 0 saturated carbocycles. The first-order chi connectivity index (χ1) is 12.6. The number of benzene rings is 1. The van der Waals surface area contributed by atoms with Crippen LogP contribution in [-0.2, 0) is 24.5 Å². The Kier molecular flexibility index (Phi) is 8.94. The molecule has 0 aliphatic carbocycles. The van der Waals surface area contributed by atoms with Crippen LogP contribution in [0.5, 0.6) is 0 Å². The predicted octanol–water partition coefficient (Wildman–Crippen LogP) is 1.80. The monoisotopic (exact) mass is 378 g/mol. The second-order valence-corrected chi connectivity index (χ2v) is 7.25. The first-order valence-corrected chi connectivity index (χ1v) is 9.00. The van der Waals surface area contributed by atoms with Crippen molar-refractivity contribution < 1.29 is 23.9 Å². The summed E-state index contributed by atoms with van der Waals surface area (Å²) in [6, 6.07) is 7.38. The minimum absolute atomic E-state index is 0.0124. The van der Waals surface area contributed by atoms with E-state index >= 15 is 0 Å². The van der Waals surface area contributed by atoms with Crippen molar-refractivity contribution in [3.63, 3.8) is 0 Å². The van der Waals surface area contributed by atoms with Gasteiger partial charge in [0.1, 0.15) is 0 Å². The van der Waals surface area contributed by atoms with Gasteiger partial charge in [0.15, 0.2) is 6.10 Å². The quantitative estimate of drug-likeness (QED) is 0.505. The summed E-state index contributed by atoms with van der Waals surface area (Å²) in [5.74, 6) is -1.19. The van der Waals surface area contributed by atoms with Crippen LogP contribution in [0.3, 0.4) is 0 Å². The SMILES string of the molecule is COCCNC(=O)[C@@H](C)OC(=O)CCNC(=O)c1ccc(C(C)(C)C)cc1. The maximum atomic E-state index is 12.1. The zero-order chi connectivity index (χ0) is 20.4. The third kappa shape index (κ3) is 8.21. The van der Waals surface area contributed by atoms with E-state index < -0.39 is 12.1 Å². The van der Waals surface area contributed by atoms with Gasteiger partial charge in [-0.15, -0.1) is 0 Å².